The molecule has 4 nitrogen and oxygen atoms in total. The first-order valence-electron chi connectivity index (χ1n) is 5.94. The van der Waals surface area contributed by atoms with Gasteiger partial charge in [0.15, 0.2) is 11.5 Å². The number of benzene rings is 1. The van der Waals surface area contributed by atoms with Crippen molar-refractivity contribution in [2.45, 2.75) is 31.2 Å². The van der Waals surface area contributed by atoms with Gasteiger partial charge in [-0.05, 0) is 34.8 Å². The lowest BCUT2D eigenvalue weighted by molar-refractivity contribution is 0.171. The zero-order valence-corrected chi connectivity index (χ0v) is 11.3. The molecule has 0 N–H and O–H groups in total. The first-order valence-corrected chi connectivity index (χ1v) is 6.74. The number of aliphatic imine (C=N–C) groups is 1. The molecule has 1 aliphatic heterocycles. The fourth-order valence-corrected chi connectivity index (χ4v) is 3.25. The van der Waals surface area contributed by atoms with Gasteiger partial charge >= 0.3 is 0 Å². The SMILES string of the molecule is O=C=NC1(c2ccc(Br)c3c2OCO3)CCCC1. The second kappa shape index (κ2) is 4.41. The molecule has 0 unspecified atom stereocenters. The highest BCUT2D eigenvalue weighted by atomic mass is 79.9. The van der Waals surface area contributed by atoms with Gasteiger partial charge in [0.25, 0.3) is 0 Å². The lowest BCUT2D eigenvalue weighted by atomic mass is 9.88. The Hall–Kier alpha value is -1.32. The third-order valence-electron chi connectivity index (χ3n) is 3.66. The highest BCUT2D eigenvalue weighted by molar-refractivity contribution is 9.10. The van der Waals surface area contributed by atoms with E-state index in [2.05, 4.69) is 20.9 Å². The van der Waals surface area contributed by atoms with Crippen LogP contribution in [0.4, 0.5) is 0 Å². The minimum Gasteiger partial charge on any atom is -0.453 e. The summed E-state index contributed by atoms with van der Waals surface area (Å²) in [6.07, 6.45) is 5.58. The number of carbonyl (C=O) groups excluding carboxylic acids is 1. The number of isocyanates is 1. The van der Waals surface area contributed by atoms with E-state index in [4.69, 9.17) is 9.47 Å². The van der Waals surface area contributed by atoms with E-state index in [-0.39, 0.29) is 6.79 Å². The molecule has 5 heteroatoms. The summed E-state index contributed by atoms with van der Waals surface area (Å²) in [5.74, 6) is 1.42. The quantitative estimate of drug-likeness (QED) is 0.622. The average Bonchev–Trinajstić information content (AvgIpc) is 2.99. The van der Waals surface area contributed by atoms with Crippen molar-refractivity contribution in [3.63, 3.8) is 0 Å². The molecule has 3 rings (SSSR count). The van der Waals surface area contributed by atoms with Gasteiger partial charge in [0.2, 0.25) is 12.9 Å². The summed E-state index contributed by atoms with van der Waals surface area (Å²) in [7, 11) is 0. The molecule has 1 heterocycles. The smallest absolute Gasteiger partial charge is 0.235 e. The zero-order chi connectivity index (χ0) is 12.6. The van der Waals surface area contributed by atoms with Gasteiger partial charge < -0.3 is 9.47 Å². The molecule has 0 bridgehead atoms. The fraction of sp³-hybridized carbons (Fsp3) is 0.462. The fourth-order valence-electron chi connectivity index (χ4n) is 2.82. The van der Waals surface area contributed by atoms with Crippen molar-refractivity contribution in [3.05, 3.63) is 22.2 Å². The van der Waals surface area contributed by atoms with Gasteiger partial charge in [0.05, 0.1) is 4.47 Å². The second-order valence-corrected chi connectivity index (χ2v) is 5.46. The highest BCUT2D eigenvalue weighted by Gasteiger charge is 2.40. The van der Waals surface area contributed by atoms with Gasteiger partial charge in [-0.15, -0.1) is 0 Å². The summed E-state index contributed by atoms with van der Waals surface area (Å²) < 4.78 is 11.9. The number of ether oxygens (including phenoxy) is 2. The molecular weight excluding hydrogens is 298 g/mol. The van der Waals surface area contributed by atoms with Gasteiger partial charge in [-0.25, -0.2) is 4.79 Å². The van der Waals surface area contributed by atoms with Crippen LogP contribution in [0.3, 0.4) is 0 Å². The number of hydrogen-bond acceptors (Lipinski definition) is 4. The van der Waals surface area contributed by atoms with Gasteiger partial charge in [0, 0.05) is 5.56 Å². The molecule has 1 saturated carbocycles. The van der Waals surface area contributed by atoms with Crippen LogP contribution in [0.5, 0.6) is 11.5 Å². The monoisotopic (exact) mass is 309 g/mol. The molecule has 1 fully saturated rings. The third-order valence-corrected chi connectivity index (χ3v) is 4.29. The normalized spacial score (nSPS) is 19.6. The van der Waals surface area contributed by atoms with E-state index < -0.39 is 5.54 Å². The summed E-state index contributed by atoms with van der Waals surface area (Å²) in [6.45, 7) is 0.214. The van der Waals surface area contributed by atoms with Crippen molar-refractivity contribution in [2.24, 2.45) is 4.99 Å². The molecule has 1 aromatic carbocycles. The summed E-state index contributed by atoms with van der Waals surface area (Å²) >= 11 is 3.43. The van der Waals surface area contributed by atoms with Gasteiger partial charge in [-0.2, -0.15) is 4.99 Å². The standard InChI is InChI=1S/C13H12BrNO3/c14-10-4-3-9(11-12(10)18-8-17-11)13(15-7-16)5-1-2-6-13/h3-4H,1-2,5-6,8H2. The Labute approximate surface area is 113 Å². The number of rotatable bonds is 2. The van der Waals surface area contributed by atoms with Gasteiger partial charge in [0.1, 0.15) is 5.54 Å². The van der Waals surface area contributed by atoms with Crippen LogP contribution in [0, 0.1) is 0 Å². The predicted molar refractivity (Wildman–Crippen MR) is 68.5 cm³/mol. The lowest BCUT2D eigenvalue weighted by Crippen LogP contribution is -2.19. The van der Waals surface area contributed by atoms with Crippen molar-refractivity contribution in [2.75, 3.05) is 6.79 Å². The van der Waals surface area contributed by atoms with Crippen molar-refractivity contribution in [1.29, 1.82) is 0 Å². The highest BCUT2D eigenvalue weighted by Crippen LogP contribution is 2.51. The Balaban J connectivity index is 2.17. The number of hydrogen-bond donors (Lipinski definition) is 0. The van der Waals surface area contributed by atoms with Crippen LogP contribution in [0.1, 0.15) is 31.2 Å². The molecule has 0 aromatic heterocycles. The first kappa shape index (κ1) is 11.8. The van der Waals surface area contributed by atoms with Crippen molar-refractivity contribution in [3.8, 4) is 11.5 Å². The van der Waals surface area contributed by atoms with Gasteiger partial charge in [-0.3, -0.25) is 0 Å². The van der Waals surface area contributed by atoms with Crippen LogP contribution in [0.25, 0.3) is 0 Å². The zero-order valence-electron chi connectivity index (χ0n) is 9.74. The maximum atomic E-state index is 10.7. The molecule has 2 aliphatic rings. The van der Waals surface area contributed by atoms with Crippen molar-refractivity contribution >= 4 is 22.0 Å². The van der Waals surface area contributed by atoms with E-state index >= 15 is 0 Å². The summed E-state index contributed by atoms with van der Waals surface area (Å²) in [5.41, 5.74) is 0.472. The summed E-state index contributed by atoms with van der Waals surface area (Å²) in [4.78, 5) is 14.8. The molecule has 0 spiro atoms. The summed E-state index contributed by atoms with van der Waals surface area (Å²) in [6, 6.07) is 3.88. The van der Waals surface area contributed by atoms with Crippen molar-refractivity contribution < 1.29 is 14.3 Å². The summed E-state index contributed by atoms with van der Waals surface area (Å²) in [5, 5.41) is 0. The van der Waals surface area contributed by atoms with Crippen LogP contribution in [-0.2, 0) is 10.3 Å². The Bertz CT molecular complexity index is 531. The van der Waals surface area contributed by atoms with E-state index in [1.54, 1.807) is 6.08 Å². The van der Waals surface area contributed by atoms with Gasteiger partial charge in [-0.1, -0.05) is 18.9 Å². The van der Waals surface area contributed by atoms with Crippen LogP contribution in [-0.4, -0.2) is 12.9 Å². The predicted octanol–water partition coefficient (Wildman–Crippen LogP) is 3.28. The van der Waals surface area contributed by atoms with Crippen LogP contribution in [0.2, 0.25) is 0 Å². The van der Waals surface area contributed by atoms with Crippen molar-refractivity contribution in [1.82, 2.24) is 0 Å². The maximum Gasteiger partial charge on any atom is 0.235 e. The Morgan fingerprint density at radius 2 is 1.94 bits per heavy atom. The maximum absolute atomic E-state index is 10.7. The Morgan fingerprint density at radius 1 is 1.22 bits per heavy atom. The Morgan fingerprint density at radius 3 is 2.67 bits per heavy atom. The van der Waals surface area contributed by atoms with Crippen LogP contribution in [0.15, 0.2) is 21.6 Å². The molecule has 1 aliphatic carbocycles. The Kier molecular flexibility index (Phi) is 2.88. The number of halogens is 1. The topological polar surface area (TPSA) is 47.9 Å². The molecular formula is C13H12BrNO3. The average molecular weight is 310 g/mol. The first-order chi connectivity index (χ1) is 8.77. The molecule has 0 amide bonds. The lowest BCUT2D eigenvalue weighted by Gasteiger charge is -2.24. The van der Waals surface area contributed by atoms with Crippen LogP contribution >= 0.6 is 15.9 Å². The third kappa shape index (κ3) is 1.66. The second-order valence-electron chi connectivity index (χ2n) is 4.60. The molecule has 0 radical (unpaired) electrons. The minimum atomic E-state index is -0.472. The molecule has 0 atom stereocenters. The number of nitrogens with zero attached hydrogens (tertiary/aromatic N) is 1. The molecule has 0 saturated heterocycles. The van der Waals surface area contributed by atoms with E-state index in [0.29, 0.717) is 11.5 Å². The van der Waals surface area contributed by atoms with E-state index in [1.807, 2.05) is 12.1 Å². The van der Waals surface area contributed by atoms with Crippen LogP contribution < -0.4 is 9.47 Å². The number of fused-ring (bicyclic) bond motifs is 1. The largest absolute Gasteiger partial charge is 0.453 e. The van der Waals surface area contributed by atoms with E-state index in [0.717, 1.165) is 35.7 Å². The molecule has 94 valence electrons. The molecule has 1 aromatic rings. The minimum absolute atomic E-state index is 0.214. The van der Waals surface area contributed by atoms with E-state index in [9.17, 15) is 4.79 Å². The molecule has 18 heavy (non-hydrogen) atoms. The van der Waals surface area contributed by atoms with E-state index in [1.165, 1.54) is 0 Å².